The molecule has 3 aromatic rings. The van der Waals surface area contributed by atoms with E-state index in [-0.39, 0.29) is 28.6 Å². The minimum Gasteiger partial charge on any atom is -0.497 e. The predicted octanol–water partition coefficient (Wildman–Crippen LogP) is 4.12. The number of carbonyl (C=O) groups is 2. The first-order valence-electron chi connectivity index (χ1n) is 13.3. The Morgan fingerprint density at radius 1 is 0.884 bits per heavy atom. The number of hydrogen-bond acceptors (Lipinski definition) is 8. The van der Waals surface area contributed by atoms with Crippen LogP contribution < -0.4 is 28.6 Å². The van der Waals surface area contributed by atoms with Crippen molar-refractivity contribution in [1.29, 1.82) is 0 Å². The van der Waals surface area contributed by atoms with Crippen LogP contribution in [0.25, 0.3) is 0 Å². The maximum absolute atomic E-state index is 14.3. The Morgan fingerprint density at radius 2 is 1.53 bits per heavy atom. The molecule has 1 atom stereocenters. The van der Waals surface area contributed by atoms with E-state index in [4.69, 9.17) is 30.5 Å². The summed E-state index contributed by atoms with van der Waals surface area (Å²) in [5.41, 5.74) is 0.635. The zero-order valence-electron chi connectivity index (χ0n) is 24.9. The summed E-state index contributed by atoms with van der Waals surface area (Å²) in [7, 11) is 1.19. The van der Waals surface area contributed by atoms with Crippen molar-refractivity contribution >= 4 is 39.1 Å². The molecule has 1 unspecified atom stereocenters. The Hall–Kier alpha value is -4.16. The second-order valence-electron chi connectivity index (χ2n) is 9.25. The van der Waals surface area contributed by atoms with Gasteiger partial charge < -0.3 is 29.2 Å². The first-order valence-corrected chi connectivity index (χ1v) is 15.1. The van der Waals surface area contributed by atoms with E-state index in [2.05, 4.69) is 5.32 Å². The first kappa shape index (κ1) is 33.3. The van der Waals surface area contributed by atoms with E-state index in [1.54, 1.807) is 44.2 Å². The average Bonchev–Trinajstić information content (AvgIpc) is 3.02. The number of rotatable bonds is 14. The van der Waals surface area contributed by atoms with Gasteiger partial charge in [0.2, 0.25) is 11.8 Å². The summed E-state index contributed by atoms with van der Waals surface area (Å²) in [6.45, 7) is 2.94. The number of amides is 2. The van der Waals surface area contributed by atoms with Gasteiger partial charge in [0, 0.05) is 30.2 Å². The molecule has 3 aromatic carbocycles. The highest BCUT2D eigenvalue weighted by molar-refractivity contribution is 7.92. The zero-order chi connectivity index (χ0) is 31.7. The number of benzene rings is 3. The van der Waals surface area contributed by atoms with Crippen LogP contribution in [0.1, 0.15) is 19.4 Å². The van der Waals surface area contributed by atoms with Crippen molar-refractivity contribution in [3.8, 4) is 23.0 Å². The Morgan fingerprint density at radius 3 is 2.14 bits per heavy atom. The van der Waals surface area contributed by atoms with Gasteiger partial charge in [-0.1, -0.05) is 29.8 Å². The third kappa shape index (κ3) is 7.63. The summed E-state index contributed by atoms with van der Waals surface area (Å²) in [5.74, 6) is -0.0578. The maximum Gasteiger partial charge on any atom is 0.265 e. The quantitative estimate of drug-likeness (QED) is 0.281. The molecule has 13 heteroatoms. The van der Waals surface area contributed by atoms with Crippen molar-refractivity contribution in [1.82, 2.24) is 10.2 Å². The number of anilines is 1. The minimum absolute atomic E-state index is 0.0453. The lowest BCUT2D eigenvalue weighted by Crippen LogP contribution is -2.51. The topological polar surface area (TPSA) is 124 Å². The molecule has 2 amide bonds. The fourth-order valence-corrected chi connectivity index (χ4v) is 5.95. The molecule has 0 spiro atoms. The van der Waals surface area contributed by atoms with Gasteiger partial charge >= 0.3 is 0 Å². The fourth-order valence-electron chi connectivity index (χ4n) is 4.32. The van der Waals surface area contributed by atoms with Crippen LogP contribution in [0.15, 0.2) is 65.6 Å². The van der Waals surface area contributed by atoms with Gasteiger partial charge in [-0.05, 0) is 49.7 Å². The van der Waals surface area contributed by atoms with Gasteiger partial charge in [0.05, 0.1) is 39.0 Å². The summed E-state index contributed by atoms with van der Waals surface area (Å²) < 4.78 is 51.0. The Bertz CT molecular complexity index is 1550. The molecule has 11 nitrogen and oxygen atoms in total. The molecule has 0 aromatic heterocycles. The van der Waals surface area contributed by atoms with Gasteiger partial charge in [0.25, 0.3) is 10.0 Å². The van der Waals surface area contributed by atoms with Crippen LogP contribution in [-0.4, -0.2) is 72.7 Å². The Labute approximate surface area is 257 Å². The Balaban J connectivity index is 2.18. The molecular formula is C30H36ClN3O8S. The second-order valence-corrected chi connectivity index (χ2v) is 11.5. The van der Waals surface area contributed by atoms with E-state index < -0.39 is 34.4 Å². The lowest BCUT2D eigenvalue weighted by molar-refractivity contribution is -0.139. The van der Waals surface area contributed by atoms with E-state index in [0.29, 0.717) is 28.6 Å². The van der Waals surface area contributed by atoms with E-state index in [1.165, 1.54) is 63.7 Å². The van der Waals surface area contributed by atoms with Gasteiger partial charge in [0.15, 0.2) is 11.5 Å². The lowest BCUT2D eigenvalue weighted by atomic mass is 10.1. The van der Waals surface area contributed by atoms with Crippen molar-refractivity contribution in [2.45, 2.75) is 31.3 Å². The molecule has 3 rings (SSSR count). The summed E-state index contributed by atoms with van der Waals surface area (Å²) in [6, 6.07) is 14.7. The van der Waals surface area contributed by atoms with Crippen LogP contribution in [0, 0.1) is 0 Å². The largest absolute Gasteiger partial charge is 0.497 e. The molecule has 0 saturated carbocycles. The number of nitrogens with zero attached hydrogens (tertiary/aromatic N) is 2. The Kier molecular flexibility index (Phi) is 11.5. The summed E-state index contributed by atoms with van der Waals surface area (Å²) >= 11 is 6.40. The fraction of sp³-hybridized carbons (Fsp3) is 0.333. The van der Waals surface area contributed by atoms with Gasteiger partial charge in [-0.2, -0.15) is 0 Å². The number of sulfonamides is 1. The number of methoxy groups -OCH3 is 4. The van der Waals surface area contributed by atoms with E-state index >= 15 is 0 Å². The van der Waals surface area contributed by atoms with Crippen molar-refractivity contribution in [3.63, 3.8) is 0 Å². The normalized spacial score (nSPS) is 11.7. The molecule has 1 N–H and O–H groups in total. The minimum atomic E-state index is -4.45. The third-order valence-corrected chi connectivity index (χ3v) is 8.82. The first-order chi connectivity index (χ1) is 20.5. The van der Waals surface area contributed by atoms with Crippen molar-refractivity contribution in [2.75, 3.05) is 45.8 Å². The van der Waals surface area contributed by atoms with Crippen LogP contribution in [0.4, 0.5) is 5.69 Å². The number of ether oxygens (including phenoxy) is 4. The van der Waals surface area contributed by atoms with Crippen molar-refractivity contribution in [2.24, 2.45) is 0 Å². The molecule has 43 heavy (non-hydrogen) atoms. The molecule has 0 aliphatic heterocycles. The van der Waals surface area contributed by atoms with E-state index in [9.17, 15) is 18.0 Å². The van der Waals surface area contributed by atoms with E-state index in [1.807, 2.05) is 0 Å². The third-order valence-electron chi connectivity index (χ3n) is 6.69. The molecule has 0 heterocycles. The average molecular weight is 634 g/mol. The molecule has 0 radical (unpaired) electrons. The summed E-state index contributed by atoms with van der Waals surface area (Å²) in [6.07, 6.45) is 0. The number of nitrogens with one attached hydrogen (secondary N) is 1. The highest BCUT2D eigenvalue weighted by Crippen LogP contribution is 2.38. The predicted molar refractivity (Wildman–Crippen MR) is 164 cm³/mol. The number of carbonyl (C=O) groups excluding carboxylic acids is 2. The molecule has 0 fully saturated rings. The molecule has 0 saturated heterocycles. The van der Waals surface area contributed by atoms with Crippen LogP contribution >= 0.6 is 11.6 Å². The van der Waals surface area contributed by atoms with Crippen LogP contribution in [0.2, 0.25) is 5.02 Å². The van der Waals surface area contributed by atoms with Crippen molar-refractivity contribution < 1.29 is 37.0 Å². The summed E-state index contributed by atoms with van der Waals surface area (Å²) in [5, 5.41) is 3.11. The van der Waals surface area contributed by atoms with Crippen LogP contribution in [-0.2, 0) is 26.2 Å². The summed E-state index contributed by atoms with van der Waals surface area (Å²) in [4.78, 5) is 28.2. The van der Waals surface area contributed by atoms with Gasteiger partial charge in [-0.15, -0.1) is 0 Å². The highest BCUT2D eigenvalue weighted by atomic mass is 35.5. The molecule has 0 aliphatic carbocycles. The SMILES string of the molecule is CCNC(=O)C(C)N(Cc1ccccc1Cl)C(=O)CN(c1cc(OC)ccc1OC)S(=O)(=O)c1ccc(OC)c(OC)c1. The van der Waals surface area contributed by atoms with Crippen LogP contribution in [0.3, 0.4) is 0 Å². The zero-order valence-corrected chi connectivity index (χ0v) is 26.5. The number of likely N-dealkylation sites (N-methyl/N-ethyl adjacent to an activating group) is 1. The molecule has 0 aliphatic rings. The van der Waals surface area contributed by atoms with Crippen molar-refractivity contribution in [3.05, 3.63) is 71.2 Å². The monoisotopic (exact) mass is 633 g/mol. The molecular weight excluding hydrogens is 598 g/mol. The standard InChI is InChI=1S/C30H36ClN3O8S/c1-7-32-30(36)20(2)33(18-21-10-8-9-11-24(21)31)29(35)19-34(25-16-22(39-3)12-14-26(25)40-4)43(37,38)23-13-15-27(41-5)28(17-23)42-6/h8-17,20H,7,18-19H2,1-6H3,(H,32,36). The van der Waals surface area contributed by atoms with Gasteiger partial charge in [-0.3, -0.25) is 13.9 Å². The molecule has 0 bridgehead atoms. The number of halogens is 1. The molecule has 232 valence electrons. The maximum atomic E-state index is 14.3. The number of hydrogen-bond donors (Lipinski definition) is 1. The highest BCUT2D eigenvalue weighted by Gasteiger charge is 2.34. The lowest BCUT2D eigenvalue weighted by Gasteiger charge is -2.32. The smallest absolute Gasteiger partial charge is 0.265 e. The second kappa shape index (κ2) is 14.8. The van der Waals surface area contributed by atoms with E-state index in [0.717, 1.165) is 4.31 Å². The van der Waals surface area contributed by atoms with Crippen LogP contribution in [0.5, 0.6) is 23.0 Å². The van der Waals surface area contributed by atoms with Gasteiger partial charge in [-0.25, -0.2) is 8.42 Å². The van der Waals surface area contributed by atoms with Gasteiger partial charge in [0.1, 0.15) is 24.1 Å².